The molecule has 0 aromatic rings. The molecule has 2 unspecified atom stereocenters. The van der Waals surface area contributed by atoms with Crippen molar-refractivity contribution >= 4 is 17.7 Å². The Balaban J connectivity index is 4.94. The van der Waals surface area contributed by atoms with Gasteiger partial charge >= 0.3 is 18.1 Å². The number of Topliss-reactive ketones (excluding diaryl/α,β-unsaturated/α-hetero) is 1. The first-order chi connectivity index (χ1) is 8.09. The Morgan fingerprint density at radius 1 is 1.28 bits per heavy atom. The number of carboxylic acids is 1. The Morgan fingerprint density at radius 3 is 2.11 bits per heavy atom. The van der Waals surface area contributed by atoms with Crippen LogP contribution >= 0.6 is 0 Å². The van der Waals surface area contributed by atoms with Crippen LogP contribution in [0.25, 0.3) is 0 Å². The van der Waals surface area contributed by atoms with Crippen molar-refractivity contribution in [1.82, 2.24) is 0 Å². The summed E-state index contributed by atoms with van der Waals surface area (Å²) in [6, 6.07) is 0. The molecule has 0 saturated carbocycles. The molecule has 8 heteroatoms. The summed E-state index contributed by atoms with van der Waals surface area (Å²) in [5.41, 5.74) is 0. The Kier molecular flexibility index (Phi) is 5.80. The summed E-state index contributed by atoms with van der Waals surface area (Å²) in [7, 11) is 0. The first kappa shape index (κ1) is 16.4. The number of ketones is 1. The lowest BCUT2D eigenvalue weighted by Crippen LogP contribution is -2.38. The van der Waals surface area contributed by atoms with Crippen LogP contribution in [0.2, 0.25) is 0 Å². The summed E-state index contributed by atoms with van der Waals surface area (Å²) in [6.45, 7) is 3.05. The minimum absolute atomic E-state index is 0.339. The number of rotatable bonds is 6. The molecule has 0 spiro atoms. The minimum Gasteiger partial charge on any atom is -0.481 e. The number of carbonyl (C=O) groups is 3. The number of alkyl halides is 3. The number of hydrogen-bond donors (Lipinski definition) is 1. The molecule has 0 heterocycles. The van der Waals surface area contributed by atoms with E-state index in [1.54, 1.807) is 6.92 Å². The fraction of sp³-hybridized carbons (Fsp3) is 0.700. The van der Waals surface area contributed by atoms with Crippen LogP contribution in [0.15, 0.2) is 0 Å². The summed E-state index contributed by atoms with van der Waals surface area (Å²) in [6.07, 6.45) is -6.86. The lowest BCUT2D eigenvalue weighted by atomic mass is 10.00. The summed E-state index contributed by atoms with van der Waals surface area (Å²) in [5, 5.41) is 8.41. The highest BCUT2D eigenvalue weighted by atomic mass is 19.4. The van der Waals surface area contributed by atoms with Crippen molar-refractivity contribution in [1.29, 1.82) is 0 Å². The van der Waals surface area contributed by atoms with Crippen LogP contribution in [0.4, 0.5) is 13.2 Å². The monoisotopic (exact) mass is 270 g/mol. The molecule has 0 aromatic heterocycles. The third-order valence-electron chi connectivity index (χ3n) is 2.15. The van der Waals surface area contributed by atoms with Gasteiger partial charge < -0.3 is 9.84 Å². The van der Waals surface area contributed by atoms with Crippen LogP contribution in [0.3, 0.4) is 0 Å². The van der Waals surface area contributed by atoms with Gasteiger partial charge in [0.15, 0.2) is 0 Å². The Hall–Kier alpha value is -1.60. The van der Waals surface area contributed by atoms with E-state index in [1.807, 2.05) is 0 Å². The number of hydrogen-bond acceptors (Lipinski definition) is 4. The molecule has 0 amide bonds. The summed E-state index contributed by atoms with van der Waals surface area (Å²) >= 11 is 0. The van der Waals surface area contributed by atoms with Crippen LogP contribution in [-0.2, 0) is 19.1 Å². The lowest BCUT2D eigenvalue weighted by Gasteiger charge is -2.17. The molecule has 0 aliphatic carbocycles. The molecule has 1 N–H and O–H groups in total. The van der Waals surface area contributed by atoms with Crippen molar-refractivity contribution in [2.45, 2.75) is 39.0 Å². The van der Waals surface area contributed by atoms with E-state index in [0.29, 0.717) is 6.42 Å². The van der Waals surface area contributed by atoms with Gasteiger partial charge in [-0.05, 0) is 13.3 Å². The predicted octanol–water partition coefficient (Wildman–Crippen LogP) is 1.55. The molecular weight excluding hydrogens is 257 g/mol. The van der Waals surface area contributed by atoms with E-state index in [0.717, 1.165) is 0 Å². The van der Waals surface area contributed by atoms with Crippen LogP contribution in [0, 0.1) is 5.92 Å². The summed E-state index contributed by atoms with van der Waals surface area (Å²) in [4.78, 5) is 32.6. The van der Waals surface area contributed by atoms with E-state index in [9.17, 15) is 27.6 Å². The van der Waals surface area contributed by atoms with Crippen molar-refractivity contribution in [3.05, 3.63) is 0 Å². The van der Waals surface area contributed by atoms with Crippen LogP contribution in [0.5, 0.6) is 0 Å². The second kappa shape index (κ2) is 6.36. The number of ether oxygens (including phenoxy) is 1. The smallest absolute Gasteiger partial charge is 0.450 e. The fourth-order valence-corrected chi connectivity index (χ4v) is 1.02. The van der Waals surface area contributed by atoms with Crippen molar-refractivity contribution in [2.75, 3.05) is 0 Å². The molecule has 0 aromatic carbocycles. The van der Waals surface area contributed by atoms with Crippen molar-refractivity contribution in [3.8, 4) is 0 Å². The zero-order chi connectivity index (χ0) is 14.5. The van der Waals surface area contributed by atoms with Gasteiger partial charge in [0.2, 0.25) is 0 Å². The zero-order valence-corrected chi connectivity index (χ0v) is 9.78. The largest absolute Gasteiger partial charge is 0.481 e. The number of halogens is 3. The van der Waals surface area contributed by atoms with E-state index in [-0.39, 0.29) is 0 Å². The van der Waals surface area contributed by atoms with Gasteiger partial charge in [0.25, 0.3) is 5.78 Å². The Labute approximate surface area is 101 Å². The van der Waals surface area contributed by atoms with E-state index in [1.165, 1.54) is 6.92 Å². The van der Waals surface area contributed by atoms with Crippen molar-refractivity contribution in [2.24, 2.45) is 5.92 Å². The highest BCUT2D eigenvalue weighted by Crippen LogP contribution is 2.24. The number of aliphatic carboxylic acids is 1. The van der Waals surface area contributed by atoms with Gasteiger partial charge in [-0.2, -0.15) is 13.2 Å². The molecule has 18 heavy (non-hydrogen) atoms. The number of esters is 1. The third-order valence-corrected chi connectivity index (χ3v) is 2.15. The highest BCUT2D eigenvalue weighted by Gasteiger charge is 2.47. The second-order valence-corrected chi connectivity index (χ2v) is 3.67. The normalized spacial score (nSPS) is 14.7. The first-order valence-corrected chi connectivity index (χ1v) is 5.12. The Morgan fingerprint density at radius 2 is 1.78 bits per heavy atom. The topological polar surface area (TPSA) is 80.7 Å². The maximum Gasteiger partial charge on any atom is 0.450 e. The highest BCUT2D eigenvalue weighted by molar-refractivity contribution is 6.04. The van der Waals surface area contributed by atoms with E-state index < -0.39 is 42.3 Å². The minimum atomic E-state index is -5.27. The molecular formula is C10H13F3O5. The molecule has 0 aliphatic rings. The van der Waals surface area contributed by atoms with E-state index in [4.69, 9.17) is 5.11 Å². The Bertz CT molecular complexity index is 337. The number of carbonyl (C=O) groups excluding carboxylic acids is 2. The molecule has 0 rings (SSSR count). The molecule has 0 radical (unpaired) electrons. The second-order valence-electron chi connectivity index (χ2n) is 3.67. The van der Waals surface area contributed by atoms with Crippen molar-refractivity contribution in [3.63, 3.8) is 0 Å². The lowest BCUT2D eigenvalue weighted by molar-refractivity contribution is -0.183. The molecule has 2 atom stereocenters. The maximum absolute atomic E-state index is 12.2. The maximum atomic E-state index is 12.2. The molecule has 104 valence electrons. The molecule has 0 bridgehead atoms. The zero-order valence-electron chi connectivity index (χ0n) is 9.78. The quantitative estimate of drug-likeness (QED) is 0.585. The average molecular weight is 270 g/mol. The van der Waals surface area contributed by atoms with Gasteiger partial charge in [-0.3, -0.25) is 14.4 Å². The standard InChI is InChI=1S/C10H13F3O5/c1-3-5(2)18-9(17)6(4-7(14)15)8(16)10(11,12)13/h5-6H,3-4H2,1-2H3,(H,14,15). The third kappa shape index (κ3) is 5.15. The summed E-state index contributed by atoms with van der Waals surface area (Å²) in [5.74, 6) is -7.90. The van der Waals surface area contributed by atoms with Gasteiger partial charge in [0, 0.05) is 0 Å². The van der Waals surface area contributed by atoms with Crippen LogP contribution in [-0.4, -0.2) is 35.1 Å². The van der Waals surface area contributed by atoms with Gasteiger partial charge in [0.05, 0.1) is 12.5 Å². The average Bonchev–Trinajstić information content (AvgIpc) is 2.22. The first-order valence-electron chi connectivity index (χ1n) is 5.12. The van der Waals surface area contributed by atoms with Gasteiger partial charge in [-0.15, -0.1) is 0 Å². The van der Waals surface area contributed by atoms with Gasteiger partial charge in [-0.25, -0.2) is 0 Å². The van der Waals surface area contributed by atoms with E-state index >= 15 is 0 Å². The molecule has 0 aliphatic heterocycles. The SMILES string of the molecule is CCC(C)OC(=O)C(CC(=O)O)C(=O)C(F)(F)F. The molecule has 0 saturated heterocycles. The summed E-state index contributed by atoms with van der Waals surface area (Å²) < 4.78 is 41.1. The van der Waals surface area contributed by atoms with Gasteiger partial charge in [0.1, 0.15) is 5.92 Å². The van der Waals surface area contributed by atoms with Crippen LogP contribution in [0.1, 0.15) is 26.7 Å². The van der Waals surface area contributed by atoms with Crippen molar-refractivity contribution < 1.29 is 37.4 Å². The van der Waals surface area contributed by atoms with E-state index in [2.05, 4.69) is 4.74 Å². The number of carboxylic acid groups (broad SMARTS) is 1. The van der Waals surface area contributed by atoms with Crippen LogP contribution < -0.4 is 0 Å². The predicted molar refractivity (Wildman–Crippen MR) is 52.6 cm³/mol. The molecule has 5 nitrogen and oxygen atoms in total. The molecule has 0 fully saturated rings. The van der Waals surface area contributed by atoms with Gasteiger partial charge in [-0.1, -0.05) is 6.92 Å². The fourth-order valence-electron chi connectivity index (χ4n) is 1.02.